The van der Waals surface area contributed by atoms with Crippen LogP contribution in [-0.4, -0.2) is 52.2 Å². The number of nitrogens with one attached hydrogen (secondary N) is 3. The summed E-state index contributed by atoms with van der Waals surface area (Å²) < 4.78 is 12.4. The summed E-state index contributed by atoms with van der Waals surface area (Å²) in [4.78, 5) is 26.1. The molecule has 4 atom stereocenters. The van der Waals surface area contributed by atoms with Crippen molar-refractivity contribution in [3.05, 3.63) is 33.1 Å². The maximum absolute atomic E-state index is 12.3. The molecule has 1 unspecified atom stereocenters. The maximum Gasteiger partial charge on any atom is 0.330 e. The van der Waals surface area contributed by atoms with E-state index in [1.54, 1.807) is 6.92 Å². The molecule has 4 N–H and O–H groups in total. The Labute approximate surface area is 324 Å². The molecule has 1 aromatic heterocycles. The predicted octanol–water partition coefficient (Wildman–Crippen LogP) is 0.871. The summed E-state index contributed by atoms with van der Waals surface area (Å²) in [7, 11) is 1.53. The summed E-state index contributed by atoms with van der Waals surface area (Å²) in [6.07, 6.45) is 4.75. The number of aromatic amines is 1. The topological polar surface area (TPSA) is 118 Å². The van der Waals surface area contributed by atoms with Gasteiger partial charge in [0.25, 0.3) is 5.56 Å². The van der Waals surface area contributed by atoms with E-state index >= 15 is 0 Å². The largest absolute Gasteiger partial charge is 0.390 e. The number of unbranched alkanes of at least 4 members (excludes halogenated alkanes) is 4. The van der Waals surface area contributed by atoms with E-state index in [1.807, 2.05) is 0 Å². The summed E-state index contributed by atoms with van der Waals surface area (Å²) in [6, 6.07) is 3.91. The van der Waals surface area contributed by atoms with E-state index in [2.05, 4.69) is 134 Å². The first kappa shape index (κ1) is 43.0. The molecular formula is C39H32N4O5SY. The molecule has 50 heavy (non-hydrogen) atoms. The Hall–Kier alpha value is -5.05. The second-order valence-corrected chi connectivity index (χ2v) is 10.2. The summed E-state index contributed by atoms with van der Waals surface area (Å²) in [5, 5.41) is 17.1. The van der Waals surface area contributed by atoms with Gasteiger partial charge in [0.05, 0.1) is 12.7 Å². The van der Waals surface area contributed by atoms with E-state index in [0.29, 0.717) is 18.1 Å². The fourth-order valence-electron chi connectivity index (χ4n) is 4.28. The van der Waals surface area contributed by atoms with Gasteiger partial charge < -0.3 is 19.9 Å². The Morgan fingerprint density at radius 1 is 0.860 bits per heavy atom. The summed E-state index contributed by atoms with van der Waals surface area (Å²) in [5.41, 5.74) is -1.05. The molecule has 2 rings (SSSR count). The van der Waals surface area contributed by atoms with Gasteiger partial charge in [-0.25, -0.2) is 4.79 Å². The molecule has 0 spiro atoms. The van der Waals surface area contributed by atoms with Crippen molar-refractivity contribution in [2.45, 2.75) is 63.9 Å². The molecule has 1 aromatic rings. The van der Waals surface area contributed by atoms with Crippen LogP contribution in [0.4, 0.5) is 0 Å². The van der Waals surface area contributed by atoms with Gasteiger partial charge in [-0.1, -0.05) is 31.6 Å². The second-order valence-electron chi connectivity index (χ2n) is 9.75. The zero-order chi connectivity index (χ0) is 35.4. The number of thiocarbonyl (C=S) groups is 1. The van der Waals surface area contributed by atoms with Crippen LogP contribution in [0, 0.1) is 124 Å². The van der Waals surface area contributed by atoms with Crippen molar-refractivity contribution in [3.63, 3.8) is 0 Å². The van der Waals surface area contributed by atoms with E-state index in [0.717, 1.165) is 32.1 Å². The first-order chi connectivity index (χ1) is 24.0. The van der Waals surface area contributed by atoms with E-state index < -0.39 is 29.7 Å². The van der Waals surface area contributed by atoms with Gasteiger partial charge in [-0.05, 0) is 79.3 Å². The average Bonchev–Trinajstić information content (AvgIpc) is 3.39. The van der Waals surface area contributed by atoms with Crippen LogP contribution < -0.4 is 21.9 Å². The van der Waals surface area contributed by atoms with E-state index in [4.69, 9.17) is 21.7 Å². The molecular weight excluding hydrogens is 725 g/mol. The van der Waals surface area contributed by atoms with Crippen LogP contribution in [0.3, 0.4) is 0 Å². The van der Waals surface area contributed by atoms with Crippen LogP contribution in [0.2, 0.25) is 0 Å². The summed E-state index contributed by atoms with van der Waals surface area (Å²) >= 11 is 5.21. The molecule has 0 saturated carbocycles. The first-order valence-electron chi connectivity index (χ1n) is 15.1. The Kier molecular flexibility index (Phi) is 23.9. The zero-order valence-corrected chi connectivity index (χ0v) is 31.3. The van der Waals surface area contributed by atoms with Crippen molar-refractivity contribution in [1.29, 1.82) is 0 Å². The van der Waals surface area contributed by atoms with Crippen molar-refractivity contribution in [2.75, 3.05) is 20.3 Å². The van der Waals surface area contributed by atoms with Gasteiger partial charge in [0.15, 0.2) is 5.11 Å². The fourth-order valence-corrected chi connectivity index (χ4v) is 4.44. The number of rotatable bonds is 11. The molecule has 1 aliphatic rings. The minimum atomic E-state index is -0.785. The molecule has 1 saturated heterocycles. The van der Waals surface area contributed by atoms with E-state index in [1.165, 1.54) is 23.9 Å². The molecule has 1 aliphatic heterocycles. The third-order valence-electron chi connectivity index (χ3n) is 6.38. The van der Waals surface area contributed by atoms with Gasteiger partial charge in [-0.2, -0.15) is 0 Å². The quantitative estimate of drug-likeness (QED) is 0.114. The molecule has 247 valence electrons. The Balaban J connectivity index is 0.0000125. The van der Waals surface area contributed by atoms with Crippen LogP contribution in [0.1, 0.15) is 51.7 Å². The van der Waals surface area contributed by atoms with Crippen molar-refractivity contribution < 1.29 is 47.3 Å². The molecule has 0 bridgehead atoms. The molecule has 0 amide bonds. The number of hydrogen-bond acceptors (Lipinski definition) is 6. The van der Waals surface area contributed by atoms with E-state index in [-0.39, 0.29) is 45.2 Å². The number of aliphatic hydroxyl groups excluding tert-OH is 1. The predicted molar refractivity (Wildman–Crippen MR) is 191 cm³/mol. The number of ether oxygens (including phenoxy) is 2. The van der Waals surface area contributed by atoms with Gasteiger partial charge in [0.2, 0.25) is 0 Å². The van der Waals surface area contributed by atoms with Gasteiger partial charge in [0.1, 0.15) is 12.3 Å². The Morgan fingerprint density at radius 3 is 1.92 bits per heavy atom. The minimum Gasteiger partial charge on any atom is -0.390 e. The summed E-state index contributed by atoms with van der Waals surface area (Å²) in [6.45, 7) is 2.59. The number of nitrogens with zero attached hydrogens (tertiary/aromatic N) is 1. The molecule has 0 aromatic carbocycles. The van der Waals surface area contributed by atoms with Gasteiger partial charge in [-0.3, -0.25) is 19.7 Å². The smallest absolute Gasteiger partial charge is 0.330 e. The summed E-state index contributed by atoms with van der Waals surface area (Å²) in [5.74, 6) is 48.0. The van der Waals surface area contributed by atoms with Gasteiger partial charge in [0, 0.05) is 130 Å². The Bertz CT molecular complexity index is 2090. The number of hydrogen-bond donors (Lipinski definition) is 4. The fraction of sp³-hybridized carbons (Fsp3) is 0.359. The number of aliphatic hydroxyl groups is 1. The van der Waals surface area contributed by atoms with Crippen molar-refractivity contribution >= 4 is 17.3 Å². The van der Waals surface area contributed by atoms with Crippen LogP contribution in [-0.2, 0) is 42.2 Å². The third kappa shape index (κ3) is 18.5. The maximum atomic E-state index is 12.3. The zero-order valence-electron chi connectivity index (χ0n) is 27.6. The van der Waals surface area contributed by atoms with Gasteiger partial charge >= 0.3 is 5.69 Å². The molecule has 9 nitrogen and oxygen atoms in total. The standard InChI is InChI=1S/C39H32N4O5S.Y/c1-3-4-5-6-7-8-9-10-11-12-13-14-15-16-17-18-19-22-25-29-40-38(49)41-30-26-23-20-21-24-27-33-36(45)34(32-47-2)48-37(33)43-31-28-35(44)42-39(43)46;/h28,31,33-34,36-37,45H,20-21,23-24,26-27,30,32H2,1-2H3,(H2,40,41,49)(H,42,44,46);/t33?,34-,36-,37-;/m1./s1. The normalized spacial score (nSPS) is 15.4. The SMILES string of the molecule is CC#CC#CC#CC#CC#CC#CC#CC#CC#CC#CNC(=S)NCCCCCCCC1[C@@H](O)[C@@H](COC)O[C@H]1n1ccc(=O)[nH]c1=O.[Y]. The number of H-pyrrole nitrogens is 1. The van der Waals surface area contributed by atoms with Crippen molar-refractivity contribution in [2.24, 2.45) is 5.92 Å². The van der Waals surface area contributed by atoms with E-state index in [9.17, 15) is 14.7 Å². The molecule has 0 aliphatic carbocycles. The third-order valence-corrected chi connectivity index (χ3v) is 6.63. The number of methoxy groups -OCH3 is 1. The first-order valence-corrected chi connectivity index (χ1v) is 15.5. The monoisotopic (exact) mass is 757 g/mol. The molecule has 11 heteroatoms. The average molecular weight is 758 g/mol. The minimum absolute atomic E-state index is 0. The molecule has 1 fully saturated rings. The van der Waals surface area contributed by atoms with Crippen molar-refractivity contribution in [1.82, 2.24) is 20.2 Å². The van der Waals surface area contributed by atoms with Crippen LogP contribution in [0.15, 0.2) is 21.9 Å². The molecule has 2 heterocycles. The molecule has 1 radical (unpaired) electrons. The van der Waals surface area contributed by atoms with Crippen LogP contribution in [0.25, 0.3) is 0 Å². The Morgan fingerprint density at radius 2 is 1.38 bits per heavy atom. The van der Waals surface area contributed by atoms with Gasteiger partial charge in [-0.15, -0.1) is 0 Å². The van der Waals surface area contributed by atoms with Crippen molar-refractivity contribution in [3.8, 4) is 119 Å². The number of aromatic nitrogens is 2. The van der Waals surface area contributed by atoms with Crippen LogP contribution >= 0.6 is 12.2 Å². The second kappa shape index (κ2) is 27.9. The van der Waals surface area contributed by atoms with Crippen LogP contribution in [0.5, 0.6) is 0 Å².